The number of benzene rings is 1. The van der Waals surface area contributed by atoms with Crippen LogP contribution in [0, 0.1) is 23.2 Å². The molecule has 1 aliphatic heterocycles. The van der Waals surface area contributed by atoms with Gasteiger partial charge < -0.3 is 66.3 Å². The number of aliphatic hydroxyl groups excluding tert-OH is 3. The van der Waals surface area contributed by atoms with Gasteiger partial charge in [0.15, 0.2) is 6.10 Å². The number of nitrogen functional groups attached to an aromatic ring is 1. The number of nitrogens with two attached hydrogens (primary N) is 2. The van der Waals surface area contributed by atoms with Gasteiger partial charge in [0.25, 0.3) is 5.91 Å². The minimum atomic E-state index is -1.88. The average molecular weight is 780 g/mol. The molecule has 5 aliphatic rings. The fourth-order valence-corrected chi connectivity index (χ4v) is 10.1. The molecule has 4 unspecified atom stereocenters. The van der Waals surface area contributed by atoms with Crippen molar-refractivity contribution in [2.75, 3.05) is 38.2 Å². The second kappa shape index (κ2) is 13.5. The Bertz CT molecular complexity index is 2110. The van der Waals surface area contributed by atoms with E-state index in [4.69, 9.17) is 25.7 Å². The third kappa shape index (κ3) is 5.70. The Labute approximate surface area is 319 Å². The summed E-state index contributed by atoms with van der Waals surface area (Å²) in [7, 11) is 3.09. The normalized spacial score (nSPS) is 33.5. The Hall–Kier alpha value is -5.21. The largest absolute Gasteiger partial charge is 0.479 e. The van der Waals surface area contributed by atoms with Crippen LogP contribution in [0.2, 0.25) is 0 Å². The first-order valence-electron chi connectivity index (χ1n) is 18.4. The van der Waals surface area contributed by atoms with E-state index in [1.807, 2.05) is 0 Å². The van der Waals surface area contributed by atoms with Gasteiger partial charge >= 0.3 is 18.1 Å². The lowest BCUT2D eigenvalue weighted by Crippen LogP contribution is -2.75. The van der Waals surface area contributed by atoms with Gasteiger partial charge in [0.1, 0.15) is 36.3 Å². The summed E-state index contributed by atoms with van der Waals surface area (Å²) in [6.45, 7) is 0.0591. The number of fused-ring (bicyclic) bond motifs is 2. The monoisotopic (exact) mass is 779 g/mol. The van der Waals surface area contributed by atoms with Gasteiger partial charge in [-0.25, -0.2) is 19.4 Å². The van der Waals surface area contributed by atoms with Crippen molar-refractivity contribution in [2.24, 2.45) is 28.9 Å². The number of aromatic nitrogens is 2. The molecular formula is C37H45N7O12. The number of primary amides is 1. The zero-order valence-corrected chi connectivity index (χ0v) is 30.6. The number of rotatable bonds is 11. The highest BCUT2D eigenvalue weighted by molar-refractivity contribution is 6.07. The molecule has 56 heavy (non-hydrogen) atoms. The molecule has 300 valence electrons. The highest BCUT2D eigenvalue weighted by Crippen LogP contribution is 2.83. The van der Waals surface area contributed by atoms with Crippen molar-refractivity contribution in [1.82, 2.24) is 19.4 Å². The standard InChI is InChI=1S/C37H45N7O12/c1-42(7-8-43(2)35(52)54-15-16-3-4-23(22(38)9-16)55-33-28(47)26(45)27(46)29(56-33)32(49)50)34(51)44-6-5-19-25(20(30(39)48)14-40-31(19)44)41-24-17-10-18-12-36(53)13-21(24)37(18,36)11-17/h3-6,9,14,17-18,21,24,26-29,33,45-47,53H,7-8,10-13,15,38H2,1-2H3,(H2,39,48)(H,40,41)(H,49,50)/t17?,18?,21?,24-,26-,27-,28+,29-,33+,36+,37?/m0/s1. The van der Waals surface area contributed by atoms with Crippen molar-refractivity contribution in [3.05, 3.63) is 47.8 Å². The van der Waals surface area contributed by atoms with Gasteiger partial charge in [0.05, 0.1) is 22.5 Å². The van der Waals surface area contributed by atoms with Gasteiger partial charge in [-0.3, -0.25) is 9.36 Å². The number of ether oxygens (including phenoxy) is 3. The van der Waals surface area contributed by atoms with Crippen molar-refractivity contribution in [3.63, 3.8) is 0 Å². The lowest BCUT2D eigenvalue weighted by molar-refractivity contribution is -0.306. The van der Waals surface area contributed by atoms with Crippen LogP contribution >= 0.6 is 0 Å². The summed E-state index contributed by atoms with van der Waals surface area (Å²) >= 11 is 0. The molecule has 19 nitrogen and oxygen atoms in total. The maximum absolute atomic E-state index is 13.6. The predicted octanol–water partition coefficient (Wildman–Crippen LogP) is 0.118. The lowest BCUT2D eigenvalue weighted by Gasteiger charge is -2.72. The number of pyridine rings is 1. The summed E-state index contributed by atoms with van der Waals surface area (Å²) in [5.74, 6) is -0.960. The molecule has 2 aromatic heterocycles. The topological polar surface area (TPSA) is 285 Å². The van der Waals surface area contributed by atoms with Gasteiger partial charge in [-0.1, -0.05) is 6.07 Å². The number of amides is 3. The number of likely N-dealkylation sites (N-methyl/N-ethyl adjacent to an activating group) is 2. The fourth-order valence-electron chi connectivity index (χ4n) is 10.1. The predicted molar refractivity (Wildman–Crippen MR) is 194 cm³/mol. The van der Waals surface area contributed by atoms with Crippen molar-refractivity contribution >= 4 is 46.4 Å². The van der Waals surface area contributed by atoms with Crippen molar-refractivity contribution < 1.29 is 58.9 Å². The summed E-state index contributed by atoms with van der Waals surface area (Å²) in [6.07, 6.45) is -3.07. The molecule has 10 N–H and O–H groups in total. The number of hydrogen-bond acceptors (Lipinski definition) is 14. The van der Waals surface area contributed by atoms with Crippen molar-refractivity contribution in [3.8, 4) is 5.75 Å². The first-order chi connectivity index (χ1) is 26.5. The van der Waals surface area contributed by atoms with Crippen LogP contribution in [0.5, 0.6) is 5.75 Å². The second-order valence-corrected chi connectivity index (χ2v) is 15.9. The van der Waals surface area contributed by atoms with Crippen LogP contribution in [0.15, 0.2) is 36.7 Å². The summed E-state index contributed by atoms with van der Waals surface area (Å²) in [6, 6.07) is 5.72. The Balaban J connectivity index is 0.859. The number of nitrogens with zero attached hydrogens (tertiary/aromatic N) is 4. The molecule has 4 saturated carbocycles. The highest BCUT2D eigenvalue weighted by atomic mass is 16.7. The van der Waals surface area contributed by atoms with Crippen LogP contribution in [0.1, 0.15) is 41.6 Å². The average Bonchev–Trinajstić information content (AvgIpc) is 3.84. The van der Waals surface area contributed by atoms with Gasteiger partial charge in [-0.15, -0.1) is 0 Å². The van der Waals surface area contributed by atoms with Crippen LogP contribution in [-0.2, 0) is 20.9 Å². The first kappa shape index (κ1) is 37.7. The van der Waals surface area contributed by atoms with Crippen molar-refractivity contribution in [1.29, 1.82) is 0 Å². The summed E-state index contributed by atoms with van der Waals surface area (Å²) in [4.78, 5) is 57.5. The van der Waals surface area contributed by atoms with E-state index in [1.165, 1.54) is 45.8 Å². The number of carboxylic acid groups (broad SMARTS) is 1. The SMILES string of the molecule is CN(CCN(C)C(=O)n1ccc2c(N[C@H]3C4CC5C[C@@]6(O)CC3C56C4)c(C(N)=O)cnc21)C(=O)OCc1ccc(O[C@@H]2O[C@H](C(=O)O)[C@@H](O)[C@H](O)[C@H]2O)c(N)c1. The van der Waals surface area contributed by atoms with Gasteiger partial charge in [-0.2, -0.15) is 0 Å². The zero-order chi connectivity index (χ0) is 40.0. The number of carboxylic acids is 1. The lowest BCUT2D eigenvalue weighted by atomic mass is 9.35. The van der Waals surface area contributed by atoms with E-state index in [9.17, 15) is 44.7 Å². The quantitative estimate of drug-likeness (QED) is 0.120. The molecule has 8 rings (SSSR count). The number of aliphatic carboxylic acids is 1. The summed E-state index contributed by atoms with van der Waals surface area (Å²) in [5, 5.41) is 54.7. The summed E-state index contributed by atoms with van der Waals surface area (Å²) < 4.78 is 17.4. The smallest absolute Gasteiger partial charge is 0.409 e. The molecule has 1 spiro atoms. The van der Waals surface area contributed by atoms with E-state index in [0.717, 1.165) is 25.7 Å². The number of carbonyl (C=O) groups excluding carboxylic acids is 3. The molecule has 3 heterocycles. The van der Waals surface area contributed by atoms with Crippen molar-refractivity contribution in [2.45, 2.75) is 74.6 Å². The van der Waals surface area contributed by atoms with Crippen LogP contribution in [0.25, 0.3) is 11.0 Å². The first-order valence-corrected chi connectivity index (χ1v) is 18.4. The molecule has 19 heteroatoms. The number of carbonyl (C=O) groups is 4. The Morgan fingerprint density at radius 2 is 1.80 bits per heavy atom. The van der Waals surface area contributed by atoms with Gasteiger partial charge in [0, 0.05) is 56.4 Å². The Morgan fingerprint density at radius 3 is 2.48 bits per heavy atom. The van der Waals surface area contributed by atoms with Crippen LogP contribution in [0.4, 0.5) is 21.0 Å². The number of nitrogens with one attached hydrogen (secondary N) is 1. The minimum absolute atomic E-state index is 0.0166. The maximum atomic E-state index is 13.6. The van der Waals surface area contributed by atoms with Crippen LogP contribution < -0.4 is 21.5 Å². The number of hydrogen-bond donors (Lipinski definition) is 8. The van der Waals surface area contributed by atoms with Crippen LogP contribution in [0.3, 0.4) is 0 Å². The summed E-state index contributed by atoms with van der Waals surface area (Å²) in [5.41, 5.74) is 12.9. The molecule has 2 bridgehead atoms. The Kier molecular flexibility index (Phi) is 9.07. The second-order valence-electron chi connectivity index (χ2n) is 15.9. The highest BCUT2D eigenvalue weighted by Gasteiger charge is 2.83. The van der Waals surface area contributed by atoms with E-state index in [2.05, 4.69) is 10.3 Å². The molecule has 3 aromatic rings. The molecule has 3 amide bonds. The van der Waals surface area contributed by atoms with E-state index in [-0.39, 0.29) is 48.2 Å². The number of aliphatic hydroxyl groups is 4. The molecule has 1 aromatic carbocycles. The van der Waals surface area contributed by atoms with E-state index in [0.29, 0.717) is 40.0 Å². The van der Waals surface area contributed by atoms with E-state index < -0.39 is 60.3 Å². The third-order valence-corrected chi connectivity index (χ3v) is 12.9. The molecular weight excluding hydrogens is 734 g/mol. The third-order valence-electron chi connectivity index (χ3n) is 12.9. The molecule has 5 fully saturated rings. The van der Waals surface area contributed by atoms with E-state index in [1.54, 1.807) is 19.3 Å². The number of anilines is 2. The molecule has 0 radical (unpaired) electrons. The van der Waals surface area contributed by atoms with Gasteiger partial charge in [-0.05, 0) is 67.2 Å². The maximum Gasteiger partial charge on any atom is 0.409 e. The minimum Gasteiger partial charge on any atom is -0.479 e. The zero-order valence-electron chi connectivity index (χ0n) is 30.6. The Morgan fingerprint density at radius 1 is 1.05 bits per heavy atom. The fraction of sp³-hybridized carbons (Fsp3) is 0.541. The molecule has 4 aliphatic carbocycles. The van der Waals surface area contributed by atoms with Gasteiger partial charge in [0.2, 0.25) is 6.29 Å². The molecule has 1 saturated heterocycles. The van der Waals surface area contributed by atoms with E-state index >= 15 is 0 Å². The van der Waals surface area contributed by atoms with Crippen LogP contribution in [-0.4, -0.2) is 138 Å². The molecule has 11 atom stereocenters.